The molecule has 0 spiro atoms. The molecule has 29 heavy (non-hydrogen) atoms. The fourth-order valence-electron chi connectivity index (χ4n) is 3.83. The average molecular weight is 397 g/mol. The normalized spacial score (nSPS) is 11.2. The molecule has 0 N–H and O–H groups in total. The molecule has 0 bridgehead atoms. The van der Waals surface area contributed by atoms with Crippen LogP contribution in [0, 0.1) is 6.92 Å². The van der Waals surface area contributed by atoms with Crippen molar-refractivity contribution < 1.29 is 23.8 Å². The van der Waals surface area contributed by atoms with E-state index in [0.717, 1.165) is 27.4 Å². The zero-order valence-corrected chi connectivity index (χ0v) is 17.6. The molecule has 0 unspecified atom stereocenters. The first-order valence-electron chi connectivity index (χ1n) is 9.92. The molecule has 1 aromatic heterocycles. The predicted molar refractivity (Wildman–Crippen MR) is 113 cm³/mol. The summed E-state index contributed by atoms with van der Waals surface area (Å²) in [6.45, 7) is 10.0. The first-order chi connectivity index (χ1) is 13.9. The number of carbonyl (C=O) groups is 2. The molecule has 0 saturated carbocycles. The highest BCUT2D eigenvalue weighted by Crippen LogP contribution is 2.39. The molecule has 0 aliphatic carbocycles. The highest BCUT2D eigenvalue weighted by molar-refractivity contribution is 6.16. The molecule has 0 fully saturated rings. The average Bonchev–Trinajstić information content (AvgIpc) is 2.98. The van der Waals surface area contributed by atoms with Gasteiger partial charge in [0, 0.05) is 27.9 Å². The van der Waals surface area contributed by atoms with Crippen molar-refractivity contribution in [3.05, 3.63) is 41.6 Å². The molecule has 6 nitrogen and oxygen atoms in total. The van der Waals surface area contributed by atoms with Crippen molar-refractivity contribution in [3.63, 3.8) is 0 Å². The lowest BCUT2D eigenvalue weighted by Gasteiger charge is -2.15. The molecule has 0 amide bonds. The number of nitrogens with zero attached hydrogens (tertiary/aromatic N) is 1. The number of esters is 2. The van der Waals surface area contributed by atoms with Crippen molar-refractivity contribution in [2.24, 2.45) is 0 Å². The van der Waals surface area contributed by atoms with Gasteiger partial charge in [0.1, 0.15) is 5.75 Å². The number of hydrogen-bond donors (Lipinski definition) is 0. The van der Waals surface area contributed by atoms with Crippen LogP contribution < -0.4 is 4.74 Å². The van der Waals surface area contributed by atoms with Crippen LogP contribution in [0.15, 0.2) is 30.3 Å². The standard InChI is InChI=1S/C23H27NO5/c1-6-27-20(25)13-29-19-12-18-21(23(26)28-7-2)15(5)24(14(3)4)22(18)17-11-9-8-10-16(17)19/h8-12,14H,6-7,13H2,1-5H3. The molecule has 0 atom stereocenters. The third-order valence-corrected chi connectivity index (χ3v) is 4.86. The van der Waals surface area contributed by atoms with E-state index in [-0.39, 0.29) is 18.6 Å². The number of ether oxygens (including phenoxy) is 3. The van der Waals surface area contributed by atoms with Crippen LogP contribution >= 0.6 is 0 Å². The van der Waals surface area contributed by atoms with Crippen LogP contribution in [0.1, 0.15) is 49.8 Å². The molecule has 3 aromatic rings. The molecule has 6 heteroatoms. The van der Waals surface area contributed by atoms with Crippen LogP contribution in [-0.4, -0.2) is 36.3 Å². The third-order valence-electron chi connectivity index (χ3n) is 4.86. The maximum Gasteiger partial charge on any atom is 0.344 e. The zero-order chi connectivity index (χ0) is 21.1. The van der Waals surface area contributed by atoms with E-state index in [1.807, 2.05) is 37.3 Å². The van der Waals surface area contributed by atoms with E-state index >= 15 is 0 Å². The minimum Gasteiger partial charge on any atom is -0.481 e. The van der Waals surface area contributed by atoms with Gasteiger partial charge in [-0.2, -0.15) is 0 Å². The molecule has 154 valence electrons. The van der Waals surface area contributed by atoms with Crippen LogP contribution in [0.25, 0.3) is 21.7 Å². The Kier molecular flexibility index (Phi) is 6.11. The molecular formula is C23H27NO5. The van der Waals surface area contributed by atoms with Crippen molar-refractivity contribution in [2.45, 2.75) is 40.7 Å². The minimum atomic E-state index is -0.432. The maximum absolute atomic E-state index is 12.8. The SMILES string of the molecule is CCOC(=O)COc1cc2c(C(=O)OCC)c(C)n(C(C)C)c2c2ccccc12. The van der Waals surface area contributed by atoms with Gasteiger partial charge in [0.05, 0.1) is 24.3 Å². The summed E-state index contributed by atoms with van der Waals surface area (Å²) in [7, 11) is 0. The Morgan fingerprint density at radius 2 is 1.66 bits per heavy atom. The van der Waals surface area contributed by atoms with E-state index in [1.54, 1.807) is 13.8 Å². The fraction of sp³-hybridized carbons (Fsp3) is 0.391. The molecule has 2 aromatic carbocycles. The van der Waals surface area contributed by atoms with Gasteiger partial charge >= 0.3 is 11.9 Å². The van der Waals surface area contributed by atoms with Gasteiger partial charge in [0.25, 0.3) is 0 Å². The lowest BCUT2D eigenvalue weighted by molar-refractivity contribution is -0.145. The summed E-state index contributed by atoms with van der Waals surface area (Å²) < 4.78 is 18.3. The van der Waals surface area contributed by atoms with E-state index in [4.69, 9.17) is 14.2 Å². The van der Waals surface area contributed by atoms with Crippen LogP contribution in [0.5, 0.6) is 5.75 Å². The van der Waals surface area contributed by atoms with Crippen molar-refractivity contribution in [3.8, 4) is 5.75 Å². The van der Waals surface area contributed by atoms with E-state index in [1.165, 1.54) is 0 Å². The van der Waals surface area contributed by atoms with E-state index in [0.29, 0.717) is 24.5 Å². The quantitative estimate of drug-likeness (QED) is 0.536. The van der Waals surface area contributed by atoms with Crippen LogP contribution in [-0.2, 0) is 14.3 Å². The Hall–Kier alpha value is -3.02. The summed E-state index contributed by atoms with van der Waals surface area (Å²) in [6.07, 6.45) is 0. The molecule has 0 aliphatic rings. The van der Waals surface area contributed by atoms with Crippen molar-refractivity contribution >= 4 is 33.6 Å². The minimum absolute atomic E-state index is 0.149. The first kappa shape index (κ1) is 20.7. The lowest BCUT2D eigenvalue weighted by atomic mass is 10.0. The van der Waals surface area contributed by atoms with E-state index in [2.05, 4.69) is 18.4 Å². The highest BCUT2D eigenvalue weighted by Gasteiger charge is 2.25. The molecule has 0 aliphatic heterocycles. The monoisotopic (exact) mass is 397 g/mol. The molecule has 0 saturated heterocycles. The lowest BCUT2D eigenvalue weighted by Crippen LogP contribution is -2.14. The van der Waals surface area contributed by atoms with Gasteiger partial charge in [0.15, 0.2) is 6.61 Å². The van der Waals surface area contributed by atoms with Gasteiger partial charge < -0.3 is 18.8 Å². The number of aromatic nitrogens is 1. The summed E-state index contributed by atoms with van der Waals surface area (Å²) in [5, 5.41) is 2.59. The van der Waals surface area contributed by atoms with Gasteiger partial charge in [-0.15, -0.1) is 0 Å². The number of carbonyl (C=O) groups excluding carboxylic acids is 2. The fourth-order valence-corrected chi connectivity index (χ4v) is 3.83. The summed E-state index contributed by atoms with van der Waals surface area (Å²) >= 11 is 0. The number of hydrogen-bond acceptors (Lipinski definition) is 5. The Morgan fingerprint density at radius 1 is 1.00 bits per heavy atom. The second-order valence-electron chi connectivity index (χ2n) is 7.05. The zero-order valence-electron chi connectivity index (χ0n) is 17.6. The van der Waals surface area contributed by atoms with Crippen LogP contribution in [0.2, 0.25) is 0 Å². The van der Waals surface area contributed by atoms with Crippen molar-refractivity contribution in [1.82, 2.24) is 4.57 Å². The number of fused-ring (bicyclic) bond motifs is 3. The predicted octanol–water partition coefficient (Wildman–Crippen LogP) is 4.80. The van der Waals surface area contributed by atoms with Crippen molar-refractivity contribution in [1.29, 1.82) is 0 Å². The van der Waals surface area contributed by atoms with Crippen molar-refractivity contribution in [2.75, 3.05) is 19.8 Å². The number of rotatable bonds is 7. The largest absolute Gasteiger partial charge is 0.481 e. The Morgan fingerprint density at radius 3 is 2.28 bits per heavy atom. The first-order valence-corrected chi connectivity index (χ1v) is 9.92. The summed E-state index contributed by atoms with van der Waals surface area (Å²) in [4.78, 5) is 24.6. The molecule has 0 radical (unpaired) electrons. The van der Waals surface area contributed by atoms with E-state index in [9.17, 15) is 9.59 Å². The van der Waals surface area contributed by atoms with Crippen LogP contribution in [0.3, 0.4) is 0 Å². The molecule has 1 heterocycles. The van der Waals surface area contributed by atoms with E-state index < -0.39 is 5.97 Å². The Balaban J connectivity index is 2.29. The van der Waals surface area contributed by atoms with Gasteiger partial charge in [-0.1, -0.05) is 24.3 Å². The Bertz CT molecular complexity index is 1060. The second kappa shape index (κ2) is 8.55. The van der Waals surface area contributed by atoms with Gasteiger partial charge in [0.2, 0.25) is 0 Å². The molecular weight excluding hydrogens is 370 g/mol. The summed E-state index contributed by atoms with van der Waals surface area (Å²) in [5.41, 5.74) is 2.34. The smallest absolute Gasteiger partial charge is 0.344 e. The number of benzene rings is 2. The van der Waals surface area contributed by atoms with Gasteiger partial charge in [-0.25, -0.2) is 9.59 Å². The maximum atomic E-state index is 12.8. The summed E-state index contributed by atoms with van der Waals surface area (Å²) in [5.74, 6) is -0.258. The second-order valence-corrected chi connectivity index (χ2v) is 7.05. The van der Waals surface area contributed by atoms with Crippen LogP contribution in [0.4, 0.5) is 0 Å². The summed E-state index contributed by atoms with van der Waals surface area (Å²) in [6, 6.07) is 9.81. The molecule has 3 rings (SSSR count). The highest BCUT2D eigenvalue weighted by atomic mass is 16.6. The topological polar surface area (TPSA) is 66.8 Å². The van der Waals surface area contributed by atoms with Gasteiger partial charge in [-0.05, 0) is 40.7 Å². The third kappa shape index (κ3) is 3.79. The Labute approximate surface area is 170 Å². The van der Waals surface area contributed by atoms with Gasteiger partial charge in [-0.3, -0.25) is 0 Å².